The Morgan fingerprint density at radius 3 is 1.88 bits per heavy atom. The van der Waals surface area contributed by atoms with Gasteiger partial charge in [-0.25, -0.2) is 4.90 Å². The van der Waals surface area contributed by atoms with E-state index in [1.165, 1.54) is 0 Å². The SMILES string of the molecule is O=C1CN1C(F)(F)F. The lowest BCUT2D eigenvalue weighted by Gasteiger charge is -2.01. The van der Waals surface area contributed by atoms with Crippen molar-refractivity contribution in [2.24, 2.45) is 0 Å². The number of halogens is 3. The fraction of sp³-hybridized carbons (Fsp3) is 0.667. The Balaban J connectivity index is 2.51. The third-order valence-electron chi connectivity index (χ3n) is 0.797. The summed E-state index contributed by atoms with van der Waals surface area (Å²) in [6, 6.07) is 0. The highest BCUT2D eigenvalue weighted by Crippen LogP contribution is 2.27. The Bertz CT molecular complexity index is 129. The van der Waals surface area contributed by atoms with Crippen LogP contribution in [0, 0.1) is 0 Å². The van der Waals surface area contributed by atoms with Crippen molar-refractivity contribution in [3.8, 4) is 0 Å². The number of carbonyl (C=O) groups is 1. The number of rotatable bonds is 0. The second kappa shape index (κ2) is 1.15. The highest BCUT2D eigenvalue weighted by atomic mass is 19.4. The average Bonchev–Trinajstić information content (AvgIpc) is 2.13. The maximum Gasteiger partial charge on any atom is 0.487 e. The normalized spacial score (nSPS) is 19.4. The van der Waals surface area contributed by atoms with Crippen LogP contribution >= 0.6 is 0 Å². The van der Waals surface area contributed by atoms with Gasteiger partial charge in [0, 0.05) is 0 Å². The van der Waals surface area contributed by atoms with Crippen molar-refractivity contribution in [2.75, 3.05) is 6.54 Å². The minimum Gasteiger partial charge on any atom is -0.273 e. The molecule has 1 amide bonds. The van der Waals surface area contributed by atoms with E-state index in [-0.39, 0.29) is 4.90 Å². The van der Waals surface area contributed by atoms with Crippen LogP contribution in [0.4, 0.5) is 13.2 Å². The van der Waals surface area contributed by atoms with E-state index in [4.69, 9.17) is 0 Å². The molecule has 0 aromatic carbocycles. The fourth-order valence-electron chi connectivity index (χ4n) is 0.331. The molecule has 0 aliphatic carbocycles. The van der Waals surface area contributed by atoms with Crippen molar-refractivity contribution in [2.45, 2.75) is 6.30 Å². The van der Waals surface area contributed by atoms with Gasteiger partial charge in [-0.1, -0.05) is 0 Å². The molecule has 5 heteroatoms. The molecular weight excluding hydrogens is 123 g/mol. The third kappa shape index (κ3) is 0.753. The molecule has 0 N–H and O–H groups in total. The summed E-state index contributed by atoms with van der Waals surface area (Å²) in [7, 11) is 0. The van der Waals surface area contributed by atoms with Crippen LogP contribution in [-0.4, -0.2) is 23.7 Å². The second-order valence-electron chi connectivity index (χ2n) is 1.45. The highest BCUT2D eigenvalue weighted by Gasteiger charge is 2.51. The van der Waals surface area contributed by atoms with Gasteiger partial charge in [0.05, 0.1) is 0 Å². The molecule has 1 aliphatic heterocycles. The van der Waals surface area contributed by atoms with Gasteiger partial charge in [-0.3, -0.25) is 4.79 Å². The monoisotopic (exact) mass is 125 g/mol. The Labute approximate surface area is 42.9 Å². The van der Waals surface area contributed by atoms with Crippen LogP contribution in [0.15, 0.2) is 0 Å². The largest absolute Gasteiger partial charge is 0.487 e. The Hall–Kier alpha value is -0.740. The van der Waals surface area contributed by atoms with E-state index < -0.39 is 18.8 Å². The molecule has 1 aliphatic rings. The summed E-state index contributed by atoms with van der Waals surface area (Å²) in [6.07, 6.45) is -4.43. The van der Waals surface area contributed by atoms with Gasteiger partial charge >= 0.3 is 6.30 Å². The molecule has 8 heavy (non-hydrogen) atoms. The second-order valence-corrected chi connectivity index (χ2v) is 1.45. The van der Waals surface area contributed by atoms with E-state index in [2.05, 4.69) is 0 Å². The molecule has 0 atom stereocenters. The predicted molar refractivity (Wildman–Crippen MR) is 17.8 cm³/mol. The topological polar surface area (TPSA) is 20.1 Å². The summed E-state index contributed by atoms with van der Waals surface area (Å²) in [5, 5.41) is 0. The molecule has 0 bridgehead atoms. The predicted octanol–water partition coefficient (Wildman–Crippen LogP) is 0.348. The minimum atomic E-state index is -4.43. The van der Waals surface area contributed by atoms with Gasteiger partial charge in [-0.15, -0.1) is 13.2 Å². The molecule has 0 aromatic heterocycles. The van der Waals surface area contributed by atoms with Gasteiger partial charge in [0.2, 0.25) is 5.91 Å². The average molecular weight is 125 g/mol. The lowest BCUT2D eigenvalue weighted by atomic mass is 11.0. The van der Waals surface area contributed by atoms with Gasteiger partial charge in [0.1, 0.15) is 6.54 Å². The molecule has 2 nitrogen and oxygen atoms in total. The summed E-state index contributed by atoms with van der Waals surface area (Å²) < 4.78 is 33.6. The number of amides is 1. The van der Waals surface area contributed by atoms with Crippen molar-refractivity contribution >= 4 is 5.91 Å². The smallest absolute Gasteiger partial charge is 0.273 e. The summed E-state index contributed by atoms with van der Waals surface area (Å²) in [4.78, 5) is 9.58. The Kier molecular flexibility index (Phi) is 0.777. The molecular formula is C3H2F3NO. The zero-order valence-corrected chi connectivity index (χ0v) is 3.70. The van der Waals surface area contributed by atoms with Crippen molar-refractivity contribution in [1.29, 1.82) is 0 Å². The molecule has 0 spiro atoms. The first-order valence-corrected chi connectivity index (χ1v) is 1.89. The molecule has 1 heterocycles. The summed E-state index contributed by atoms with van der Waals surface area (Å²) >= 11 is 0. The van der Waals surface area contributed by atoms with E-state index in [1.54, 1.807) is 0 Å². The number of carbonyl (C=O) groups excluding carboxylic acids is 1. The zero-order chi connectivity index (χ0) is 6.36. The summed E-state index contributed by atoms with van der Waals surface area (Å²) in [5.74, 6) is -0.850. The maximum absolute atomic E-state index is 11.2. The van der Waals surface area contributed by atoms with Crippen LogP contribution in [0.3, 0.4) is 0 Å². The fourth-order valence-corrected chi connectivity index (χ4v) is 0.331. The van der Waals surface area contributed by atoms with Gasteiger partial charge < -0.3 is 0 Å². The number of nitrogens with zero attached hydrogens (tertiary/aromatic N) is 1. The highest BCUT2D eigenvalue weighted by molar-refractivity contribution is 5.92. The van der Waals surface area contributed by atoms with E-state index >= 15 is 0 Å². The third-order valence-corrected chi connectivity index (χ3v) is 0.797. The van der Waals surface area contributed by atoms with Crippen molar-refractivity contribution in [3.05, 3.63) is 0 Å². The molecule has 46 valence electrons. The van der Waals surface area contributed by atoms with Crippen molar-refractivity contribution in [3.63, 3.8) is 0 Å². The minimum absolute atomic E-state index is 0.160. The van der Waals surface area contributed by atoms with Gasteiger partial charge in [-0.2, -0.15) is 0 Å². The van der Waals surface area contributed by atoms with Crippen LogP contribution in [0.1, 0.15) is 0 Å². The molecule has 0 saturated carbocycles. The van der Waals surface area contributed by atoms with E-state index in [0.29, 0.717) is 0 Å². The molecule has 0 unspecified atom stereocenters. The van der Waals surface area contributed by atoms with Crippen LogP contribution in [-0.2, 0) is 4.79 Å². The number of hydrogen-bond acceptors (Lipinski definition) is 1. The quantitative estimate of drug-likeness (QED) is 0.338. The molecule has 1 rings (SSSR count). The number of hydrogen-bond donors (Lipinski definition) is 0. The van der Waals surface area contributed by atoms with Gasteiger partial charge in [0.15, 0.2) is 0 Å². The van der Waals surface area contributed by atoms with Crippen LogP contribution in [0.5, 0.6) is 0 Å². The number of alkyl halides is 3. The van der Waals surface area contributed by atoms with Crippen molar-refractivity contribution < 1.29 is 18.0 Å². The van der Waals surface area contributed by atoms with E-state index in [1.807, 2.05) is 0 Å². The molecule has 1 fully saturated rings. The maximum atomic E-state index is 11.2. The molecule has 0 aromatic rings. The standard InChI is InChI=1S/C3H2F3NO/c4-3(5,6)7-1-2(7)8/h1H2. The lowest BCUT2D eigenvalue weighted by molar-refractivity contribution is -0.204. The van der Waals surface area contributed by atoms with Crippen LogP contribution < -0.4 is 0 Å². The van der Waals surface area contributed by atoms with E-state index in [9.17, 15) is 18.0 Å². The summed E-state index contributed by atoms with van der Waals surface area (Å²) in [5.41, 5.74) is 0. The lowest BCUT2D eigenvalue weighted by Crippen LogP contribution is -2.20. The zero-order valence-electron chi connectivity index (χ0n) is 3.70. The Morgan fingerprint density at radius 2 is 1.88 bits per heavy atom. The van der Waals surface area contributed by atoms with Crippen LogP contribution in [0.2, 0.25) is 0 Å². The van der Waals surface area contributed by atoms with Gasteiger partial charge in [-0.05, 0) is 0 Å². The first kappa shape index (κ1) is 5.40. The van der Waals surface area contributed by atoms with E-state index in [0.717, 1.165) is 0 Å². The Morgan fingerprint density at radius 1 is 1.50 bits per heavy atom. The van der Waals surface area contributed by atoms with Crippen LogP contribution in [0.25, 0.3) is 0 Å². The molecule has 1 saturated heterocycles. The first-order chi connectivity index (χ1) is 3.52. The van der Waals surface area contributed by atoms with Gasteiger partial charge in [0.25, 0.3) is 0 Å². The molecule has 0 radical (unpaired) electrons. The van der Waals surface area contributed by atoms with Crippen molar-refractivity contribution in [1.82, 2.24) is 4.90 Å². The summed E-state index contributed by atoms with van der Waals surface area (Å²) in [6.45, 7) is -0.469. The first-order valence-electron chi connectivity index (χ1n) is 1.89.